The molecule has 132 valence electrons. The van der Waals surface area contributed by atoms with E-state index in [1.54, 1.807) is 25.6 Å². The van der Waals surface area contributed by atoms with Gasteiger partial charge in [-0.05, 0) is 36.2 Å². The Kier molecular flexibility index (Phi) is 5.49. The van der Waals surface area contributed by atoms with Crippen LogP contribution in [0.2, 0.25) is 0 Å². The molecule has 0 saturated carbocycles. The van der Waals surface area contributed by atoms with Crippen molar-refractivity contribution in [3.05, 3.63) is 78.1 Å². The molecule has 0 fully saturated rings. The Labute approximate surface area is 153 Å². The van der Waals surface area contributed by atoms with Crippen LogP contribution in [0.15, 0.2) is 67.0 Å². The molecule has 1 amide bonds. The number of aromatic nitrogens is 1. The minimum absolute atomic E-state index is 0.187. The van der Waals surface area contributed by atoms with Crippen LogP contribution < -0.4 is 15.4 Å². The largest absolute Gasteiger partial charge is 0.497 e. The Balaban J connectivity index is 1.77. The molecular formula is C21H21N3O2. The molecule has 3 rings (SSSR count). The quantitative estimate of drug-likeness (QED) is 0.681. The zero-order valence-corrected chi connectivity index (χ0v) is 14.8. The highest BCUT2D eigenvalue weighted by molar-refractivity contribution is 6.05. The summed E-state index contributed by atoms with van der Waals surface area (Å²) in [6.07, 6.45) is 4.09. The number of rotatable bonds is 6. The Bertz CT molecular complexity index is 909. The standard InChI is InChI=1S/C21H21N3O2/c1-3-15-7-4-5-10-20(15)24-21(25)16-11-18(14-22-13-16)23-17-8-6-9-19(12-17)26-2/h4-14,23H,3H2,1-2H3,(H,24,25). The van der Waals surface area contributed by atoms with Crippen LogP contribution in [0.5, 0.6) is 5.75 Å². The molecule has 1 heterocycles. The summed E-state index contributed by atoms with van der Waals surface area (Å²) in [5, 5.41) is 6.20. The zero-order chi connectivity index (χ0) is 18.4. The number of hydrogen-bond acceptors (Lipinski definition) is 4. The summed E-state index contributed by atoms with van der Waals surface area (Å²) in [5.41, 5.74) is 4.00. The predicted octanol–water partition coefficient (Wildman–Crippen LogP) is 4.65. The third-order valence-corrected chi connectivity index (χ3v) is 4.01. The van der Waals surface area contributed by atoms with Gasteiger partial charge in [-0.25, -0.2) is 0 Å². The number of carbonyl (C=O) groups is 1. The second-order valence-corrected chi connectivity index (χ2v) is 5.78. The minimum Gasteiger partial charge on any atom is -0.497 e. The molecule has 0 aliphatic rings. The number of benzene rings is 2. The average Bonchev–Trinajstić information content (AvgIpc) is 2.68. The number of carbonyl (C=O) groups excluding carboxylic acids is 1. The lowest BCUT2D eigenvalue weighted by atomic mass is 10.1. The summed E-state index contributed by atoms with van der Waals surface area (Å²) < 4.78 is 5.22. The molecule has 0 atom stereocenters. The van der Waals surface area contributed by atoms with Gasteiger partial charge in [0.15, 0.2) is 0 Å². The molecule has 0 aliphatic carbocycles. The molecule has 0 unspecified atom stereocenters. The van der Waals surface area contributed by atoms with Crippen LogP contribution in [-0.2, 0) is 6.42 Å². The van der Waals surface area contributed by atoms with E-state index in [0.29, 0.717) is 5.56 Å². The maximum atomic E-state index is 12.6. The summed E-state index contributed by atoms with van der Waals surface area (Å²) >= 11 is 0. The van der Waals surface area contributed by atoms with Gasteiger partial charge in [0, 0.05) is 23.6 Å². The highest BCUT2D eigenvalue weighted by Crippen LogP contribution is 2.22. The number of anilines is 3. The van der Waals surface area contributed by atoms with Crippen molar-refractivity contribution in [1.82, 2.24) is 4.98 Å². The number of pyridine rings is 1. The van der Waals surface area contributed by atoms with Gasteiger partial charge in [0.05, 0.1) is 24.6 Å². The van der Waals surface area contributed by atoms with Gasteiger partial charge in [0.1, 0.15) is 5.75 Å². The number of ether oxygens (including phenoxy) is 1. The molecule has 26 heavy (non-hydrogen) atoms. The second-order valence-electron chi connectivity index (χ2n) is 5.78. The van der Waals surface area contributed by atoms with Crippen molar-refractivity contribution >= 4 is 23.0 Å². The Morgan fingerprint density at radius 3 is 2.69 bits per heavy atom. The fourth-order valence-corrected chi connectivity index (χ4v) is 2.64. The first-order chi connectivity index (χ1) is 12.7. The van der Waals surface area contributed by atoms with Crippen molar-refractivity contribution in [2.45, 2.75) is 13.3 Å². The second kappa shape index (κ2) is 8.16. The smallest absolute Gasteiger partial charge is 0.257 e. The molecule has 0 bridgehead atoms. The van der Waals surface area contributed by atoms with Gasteiger partial charge >= 0.3 is 0 Å². The van der Waals surface area contributed by atoms with Crippen LogP contribution in [-0.4, -0.2) is 18.0 Å². The molecule has 0 aliphatic heterocycles. The molecule has 2 N–H and O–H groups in total. The summed E-state index contributed by atoms with van der Waals surface area (Å²) in [6, 6.07) is 17.1. The number of nitrogens with zero attached hydrogens (tertiary/aromatic N) is 1. The van der Waals surface area contributed by atoms with Crippen molar-refractivity contribution < 1.29 is 9.53 Å². The van der Waals surface area contributed by atoms with Crippen LogP contribution >= 0.6 is 0 Å². The highest BCUT2D eigenvalue weighted by atomic mass is 16.5. The number of methoxy groups -OCH3 is 1. The van der Waals surface area contributed by atoms with Gasteiger partial charge in [0.2, 0.25) is 0 Å². The maximum Gasteiger partial charge on any atom is 0.257 e. The third-order valence-electron chi connectivity index (χ3n) is 4.01. The molecule has 3 aromatic rings. The fraction of sp³-hybridized carbons (Fsp3) is 0.143. The fourth-order valence-electron chi connectivity index (χ4n) is 2.64. The lowest BCUT2D eigenvalue weighted by molar-refractivity contribution is 0.102. The van der Waals surface area contributed by atoms with E-state index in [2.05, 4.69) is 22.5 Å². The SMILES string of the molecule is CCc1ccccc1NC(=O)c1cncc(Nc2cccc(OC)c2)c1. The van der Waals surface area contributed by atoms with Crippen LogP contribution in [0, 0.1) is 0 Å². The lowest BCUT2D eigenvalue weighted by Gasteiger charge is -2.11. The van der Waals surface area contributed by atoms with Gasteiger partial charge < -0.3 is 15.4 Å². The van der Waals surface area contributed by atoms with Crippen LogP contribution in [0.4, 0.5) is 17.1 Å². The van der Waals surface area contributed by atoms with Gasteiger partial charge in [-0.2, -0.15) is 0 Å². The summed E-state index contributed by atoms with van der Waals surface area (Å²) in [7, 11) is 1.62. The monoisotopic (exact) mass is 347 g/mol. The molecule has 2 aromatic carbocycles. The minimum atomic E-state index is -0.187. The van der Waals surface area contributed by atoms with Gasteiger partial charge in [-0.1, -0.05) is 31.2 Å². The van der Waals surface area contributed by atoms with E-state index in [1.807, 2.05) is 48.5 Å². The van der Waals surface area contributed by atoms with E-state index in [0.717, 1.165) is 34.8 Å². The third kappa shape index (κ3) is 4.19. The van der Waals surface area contributed by atoms with Crippen molar-refractivity contribution in [3.8, 4) is 5.75 Å². The van der Waals surface area contributed by atoms with E-state index in [-0.39, 0.29) is 5.91 Å². The van der Waals surface area contributed by atoms with Crippen molar-refractivity contribution in [1.29, 1.82) is 0 Å². The first-order valence-corrected chi connectivity index (χ1v) is 8.45. The predicted molar refractivity (Wildman–Crippen MR) is 104 cm³/mol. The first-order valence-electron chi connectivity index (χ1n) is 8.45. The Hall–Kier alpha value is -3.34. The van der Waals surface area contributed by atoms with Crippen LogP contribution in [0.25, 0.3) is 0 Å². The topological polar surface area (TPSA) is 63.2 Å². The van der Waals surface area contributed by atoms with Crippen molar-refractivity contribution in [2.24, 2.45) is 0 Å². The normalized spacial score (nSPS) is 10.2. The van der Waals surface area contributed by atoms with Crippen molar-refractivity contribution in [3.63, 3.8) is 0 Å². The Morgan fingerprint density at radius 1 is 1.04 bits per heavy atom. The first kappa shape index (κ1) is 17.5. The van der Waals surface area contributed by atoms with E-state index in [1.165, 1.54) is 0 Å². The summed E-state index contributed by atoms with van der Waals surface area (Å²) in [4.78, 5) is 16.8. The molecule has 0 spiro atoms. The molecule has 0 saturated heterocycles. The molecule has 1 aromatic heterocycles. The molecular weight excluding hydrogens is 326 g/mol. The van der Waals surface area contributed by atoms with E-state index in [9.17, 15) is 4.79 Å². The van der Waals surface area contributed by atoms with E-state index < -0.39 is 0 Å². The van der Waals surface area contributed by atoms with Crippen LogP contribution in [0.1, 0.15) is 22.8 Å². The van der Waals surface area contributed by atoms with E-state index >= 15 is 0 Å². The number of hydrogen-bond donors (Lipinski definition) is 2. The summed E-state index contributed by atoms with van der Waals surface area (Å²) in [6.45, 7) is 2.06. The van der Waals surface area contributed by atoms with Gasteiger partial charge in [-0.15, -0.1) is 0 Å². The maximum absolute atomic E-state index is 12.6. The van der Waals surface area contributed by atoms with Crippen molar-refractivity contribution in [2.75, 3.05) is 17.7 Å². The average molecular weight is 347 g/mol. The van der Waals surface area contributed by atoms with Crippen LogP contribution in [0.3, 0.4) is 0 Å². The Morgan fingerprint density at radius 2 is 1.88 bits per heavy atom. The summed E-state index contributed by atoms with van der Waals surface area (Å²) in [5.74, 6) is 0.570. The lowest BCUT2D eigenvalue weighted by Crippen LogP contribution is -2.13. The molecule has 0 radical (unpaired) electrons. The number of para-hydroxylation sites is 1. The van der Waals surface area contributed by atoms with Gasteiger partial charge in [-0.3, -0.25) is 9.78 Å². The molecule has 5 heteroatoms. The zero-order valence-electron chi connectivity index (χ0n) is 14.8. The molecule has 5 nitrogen and oxygen atoms in total. The van der Waals surface area contributed by atoms with Gasteiger partial charge in [0.25, 0.3) is 5.91 Å². The highest BCUT2D eigenvalue weighted by Gasteiger charge is 2.10. The number of amides is 1. The number of nitrogens with one attached hydrogen (secondary N) is 2. The number of aryl methyl sites for hydroxylation is 1. The van der Waals surface area contributed by atoms with E-state index in [4.69, 9.17) is 4.74 Å².